The number of rotatable bonds is 4. The molecule has 0 bridgehead atoms. The van der Waals surface area contributed by atoms with Crippen molar-refractivity contribution < 1.29 is 19.1 Å². The Morgan fingerprint density at radius 2 is 2.13 bits per heavy atom. The number of esters is 1. The predicted octanol–water partition coefficient (Wildman–Crippen LogP) is 0.889. The lowest BCUT2D eigenvalue weighted by atomic mass is 10.3. The zero-order valence-corrected chi connectivity index (χ0v) is 9.50. The number of amides is 1. The Kier molecular flexibility index (Phi) is 6.44. The Balaban J connectivity index is 4.23. The molecule has 1 amide bonds. The minimum absolute atomic E-state index is 0.223. The van der Waals surface area contributed by atoms with E-state index in [-0.39, 0.29) is 12.3 Å². The van der Waals surface area contributed by atoms with E-state index >= 15 is 0 Å². The Bertz CT molecular complexity index is 267. The van der Waals surface area contributed by atoms with E-state index < -0.39 is 17.4 Å². The lowest BCUT2D eigenvalue weighted by Crippen LogP contribution is -2.28. The van der Waals surface area contributed by atoms with Crippen molar-refractivity contribution in [2.45, 2.75) is 19.2 Å². The van der Waals surface area contributed by atoms with Crippen LogP contribution in [0.25, 0.3) is 0 Å². The second-order valence-corrected chi connectivity index (χ2v) is 2.91. The van der Waals surface area contributed by atoms with Gasteiger partial charge >= 0.3 is 12.1 Å². The SMILES string of the molecule is CCOC(=O)[C@@H](Cl)/C(C)=N\NC(=O)OC. The topological polar surface area (TPSA) is 77.0 Å². The molecule has 1 N–H and O–H groups in total. The lowest BCUT2D eigenvalue weighted by molar-refractivity contribution is -0.141. The number of methoxy groups -OCH3 is 1. The summed E-state index contributed by atoms with van der Waals surface area (Å²) in [6.45, 7) is 3.39. The van der Waals surface area contributed by atoms with Crippen molar-refractivity contribution >= 4 is 29.4 Å². The average molecular weight is 237 g/mol. The first kappa shape index (κ1) is 13.7. The van der Waals surface area contributed by atoms with Crippen molar-refractivity contribution in [2.75, 3.05) is 13.7 Å². The smallest absolute Gasteiger partial charge is 0.427 e. The molecule has 7 heteroatoms. The Labute approximate surface area is 92.6 Å². The molecule has 0 fully saturated rings. The predicted molar refractivity (Wildman–Crippen MR) is 54.9 cm³/mol. The van der Waals surface area contributed by atoms with E-state index in [0.29, 0.717) is 0 Å². The Hall–Kier alpha value is -1.30. The highest BCUT2D eigenvalue weighted by atomic mass is 35.5. The molecule has 0 saturated carbocycles. The summed E-state index contributed by atoms with van der Waals surface area (Å²) in [5.41, 5.74) is 2.27. The molecule has 0 spiro atoms. The zero-order chi connectivity index (χ0) is 11.8. The molecule has 0 aromatic carbocycles. The van der Waals surface area contributed by atoms with Crippen LogP contribution in [0.4, 0.5) is 4.79 Å². The van der Waals surface area contributed by atoms with Crippen LogP contribution in [-0.4, -0.2) is 36.9 Å². The minimum Gasteiger partial charge on any atom is -0.465 e. The molecule has 0 unspecified atom stereocenters. The Morgan fingerprint density at radius 3 is 2.60 bits per heavy atom. The van der Waals surface area contributed by atoms with Crippen molar-refractivity contribution in [3.63, 3.8) is 0 Å². The van der Waals surface area contributed by atoms with E-state index in [9.17, 15) is 9.59 Å². The summed E-state index contributed by atoms with van der Waals surface area (Å²) in [5, 5.41) is 2.55. The molecule has 6 nitrogen and oxygen atoms in total. The molecule has 1 atom stereocenters. The first-order valence-corrected chi connectivity index (χ1v) is 4.65. The van der Waals surface area contributed by atoms with Crippen molar-refractivity contribution in [2.24, 2.45) is 5.10 Å². The monoisotopic (exact) mass is 236 g/mol. The normalized spacial score (nSPS) is 12.9. The maximum atomic E-state index is 11.1. The van der Waals surface area contributed by atoms with Gasteiger partial charge in [0.25, 0.3) is 0 Å². The van der Waals surface area contributed by atoms with Gasteiger partial charge in [0.05, 0.1) is 19.4 Å². The van der Waals surface area contributed by atoms with Crippen LogP contribution in [0.3, 0.4) is 0 Å². The summed E-state index contributed by atoms with van der Waals surface area (Å²) < 4.78 is 8.93. The van der Waals surface area contributed by atoms with Gasteiger partial charge in [-0.05, 0) is 13.8 Å². The van der Waals surface area contributed by atoms with E-state index in [1.54, 1.807) is 6.92 Å². The zero-order valence-electron chi connectivity index (χ0n) is 8.74. The van der Waals surface area contributed by atoms with Gasteiger partial charge < -0.3 is 9.47 Å². The number of hydrazone groups is 1. The molecular weight excluding hydrogens is 224 g/mol. The highest BCUT2D eigenvalue weighted by Crippen LogP contribution is 2.01. The molecule has 0 rings (SSSR count). The van der Waals surface area contributed by atoms with Gasteiger partial charge in [0.1, 0.15) is 0 Å². The molecular formula is C8H13ClN2O4. The summed E-state index contributed by atoms with van der Waals surface area (Å²) >= 11 is 5.69. The highest BCUT2D eigenvalue weighted by molar-refractivity contribution is 6.41. The number of nitrogens with one attached hydrogen (secondary N) is 1. The summed E-state index contributed by atoms with van der Waals surface area (Å²) in [4.78, 5) is 21.8. The van der Waals surface area contributed by atoms with Crippen LogP contribution in [0.2, 0.25) is 0 Å². The molecule has 0 radical (unpaired) electrons. The van der Waals surface area contributed by atoms with Crippen LogP contribution < -0.4 is 5.43 Å². The van der Waals surface area contributed by atoms with E-state index in [1.807, 2.05) is 5.43 Å². The van der Waals surface area contributed by atoms with Gasteiger partial charge in [0.2, 0.25) is 0 Å². The number of nitrogens with zero attached hydrogens (tertiary/aromatic N) is 1. The fourth-order valence-corrected chi connectivity index (χ4v) is 0.734. The molecule has 0 aromatic heterocycles. The third-order valence-electron chi connectivity index (χ3n) is 1.37. The second-order valence-electron chi connectivity index (χ2n) is 2.47. The average Bonchev–Trinajstić information content (AvgIpc) is 2.24. The van der Waals surface area contributed by atoms with E-state index in [1.165, 1.54) is 14.0 Å². The van der Waals surface area contributed by atoms with Crippen molar-refractivity contribution in [1.82, 2.24) is 5.43 Å². The number of hydrogen-bond acceptors (Lipinski definition) is 5. The van der Waals surface area contributed by atoms with Crippen LogP contribution in [-0.2, 0) is 14.3 Å². The molecule has 0 aromatic rings. The van der Waals surface area contributed by atoms with Gasteiger partial charge in [-0.2, -0.15) is 5.10 Å². The molecule has 0 heterocycles. The number of halogens is 1. The van der Waals surface area contributed by atoms with Crippen LogP contribution >= 0.6 is 11.6 Å². The number of carbonyl (C=O) groups excluding carboxylic acids is 2. The van der Waals surface area contributed by atoms with Crippen molar-refractivity contribution in [1.29, 1.82) is 0 Å². The van der Waals surface area contributed by atoms with Gasteiger partial charge in [0.15, 0.2) is 5.38 Å². The molecule has 0 saturated heterocycles. The summed E-state index contributed by atoms with van der Waals surface area (Å²) in [5.74, 6) is -0.605. The third kappa shape index (κ3) is 5.21. The molecule has 0 aliphatic carbocycles. The quantitative estimate of drug-likeness (QED) is 0.340. The number of hydrogen-bond donors (Lipinski definition) is 1. The summed E-state index contributed by atoms with van der Waals surface area (Å²) in [6.07, 6.45) is -0.734. The van der Waals surface area contributed by atoms with Crippen LogP contribution in [0.1, 0.15) is 13.8 Å². The lowest BCUT2D eigenvalue weighted by Gasteiger charge is -2.07. The largest absolute Gasteiger partial charge is 0.465 e. The van der Waals surface area contributed by atoms with Crippen LogP contribution in [0, 0.1) is 0 Å². The molecule has 15 heavy (non-hydrogen) atoms. The van der Waals surface area contributed by atoms with Gasteiger partial charge in [0, 0.05) is 0 Å². The first-order valence-electron chi connectivity index (χ1n) is 4.21. The van der Waals surface area contributed by atoms with Gasteiger partial charge in [-0.15, -0.1) is 11.6 Å². The Morgan fingerprint density at radius 1 is 1.53 bits per heavy atom. The molecule has 86 valence electrons. The number of carbonyl (C=O) groups is 2. The third-order valence-corrected chi connectivity index (χ3v) is 1.86. The second kappa shape index (κ2) is 7.05. The van der Waals surface area contributed by atoms with Crippen LogP contribution in [0.5, 0.6) is 0 Å². The fraction of sp³-hybridized carbons (Fsp3) is 0.625. The first-order chi connectivity index (χ1) is 7.02. The molecule has 0 aliphatic rings. The summed E-state index contributed by atoms with van der Waals surface area (Å²) in [6, 6.07) is 0. The minimum atomic E-state index is -1.01. The van der Waals surface area contributed by atoms with E-state index in [0.717, 1.165) is 0 Å². The highest BCUT2D eigenvalue weighted by Gasteiger charge is 2.20. The standard InChI is InChI=1S/C8H13ClN2O4/c1-4-15-7(12)6(9)5(2)10-11-8(13)14-3/h6H,4H2,1-3H3,(H,11,13)/b10-5-/t6-/m0/s1. The number of ether oxygens (including phenoxy) is 2. The van der Waals surface area contributed by atoms with E-state index in [4.69, 9.17) is 11.6 Å². The maximum Gasteiger partial charge on any atom is 0.427 e. The molecule has 0 aliphatic heterocycles. The fourth-order valence-electron chi connectivity index (χ4n) is 0.622. The van der Waals surface area contributed by atoms with Gasteiger partial charge in [-0.25, -0.2) is 10.2 Å². The summed E-state index contributed by atoms with van der Waals surface area (Å²) in [7, 11) is 1.20. The maximum absolute atomic E-state index is 11.1. The number of alkyl halides is 1. The van der Waals surface area contributed by atoms with Crippen molar-refractivity contribution in [3.8, 4) is 0 Å². The van der Waals surface area contributed by atoms with Crippen molar-refractivity contribution in [3.05, 3.63) is 0 Å². The van der Waals surface area contributed by atoms with Gasteiger partial charge in [-0.1, -0.05) is 0 Å². The van der Waals surface area contributed by atoms with Gasteiger partial charge in [-0.3, -0.25) is 4.79 Å². The van der Waals surface area contributed by atoms with Crippen LogP contribution in [0.15, 0.2) is 5.10 Å². The van der Waals surface area contributed by atoms with E-state index in [2.05, 4.69) is 14.6 Å².